The molecule has 7 heteroatoms. The van der Waals surface area contributed by atoms with Crippen molar-refractivity contribution in [2.75, 3.05) is 30.0 Å². The third-order valence-electron chi connectivity index (χ3n) is 4.15. The molecule has 3 rings (SSSR count). The van der Waals surface area contributed by atoms with Gasteiger partial charge in [0.25, 0.3) is 5.91 Å². The lowest BCUT2D eigenvalue weighted by atomic mass is 10.1. The van der Waals surface area contributed by atoms with Gasteiger partial charge in [-0.15, -0.1) is 23.5 Å². The van der Waals surface area contributed by atoms with Crippen LogP contribution in [-0.4, -0.2) is 36.6 Å². The van der Waals surface area contributed by atoms with E-state index in [2.05, 4.69) is 12.2 Å². The summed E-state index contributed by atoms with van der Waals surface area (Å²) < 4.78 is 11.0. The van der Waals surface area contributed by atoms with E-state index >= 15 is 0 Å². The number of nitrogens with one attached hydrogen (secondary N) is 1. The van der Waals surface area contributed by atoms with Crippen molar-refractivity contribution < 1.29 is 19.1 Å². The monoisotopic (exact) mass is 417 g/mol. The van der Waals surface area contributed by atoms with Crippen molar-refractivity contribution in [3.05, 3.63) is 59.7 Å². The van der Waals surface area contributed by atoms with Gasteiger partial charge in [0.15, 0.2) is 13.2 Å². The van der Waals surface area contributed by atoms with Gasteiger partial charge in [-0.3, -0.25) is 4.79 Å². The van der Waals surface area contributed by atoms with Gasteiger partial charge in [0.2, 0.25) is 0 Å². The zero-order valence-electron chi connectivity index (χ0n) is 15.7. The number of rotatable bonds is 8. The summed E-state index contributed by atoms with van der Waals surface area (Å²) in [5, 5.41) is 2.71. The summed E-state index contributed by atoms with van der Waals surface area (Å²) in [5.41, 5.74) is 2.95. The largest absolute Gasteiger partial charge is 0.482 e. The number of anilines is 1. The topological polar surface area (TPSA) is 64.6 Å². The van der Waals surface area contributed by atoms with Crippen molar-refractivity contribution in [2.45, 2.75) is 17.9 Å². The molecule has 0 saturated carbocycles. The second-order valence-electron chi connectivity index (χ2n) is 6.16. The number of benzene rings is 2. The van der Waals surface area contributed by atoms with Crippen LogP contribution in [0.3, 0.4) is 0 Å². The third kappa shape index (κ3) is 5.94. The molecule has 2 aromatic carbocycles. The Morgan fingerprint density at radius 1 is 1.04 bits per heavy atom. The van der Waals surface area contributed by atoms with E-state index < -0.39 is 5.97 Å². The fourth-order valence-electron chi connectivity index (χ4n) is 2.69. The quantitative estimate of drug-likeness (QED) is 0.647. The minimum Gasteiger partial charge on any atom is -0.482 e. The number of hydrogen-bond donors (Lipinski definition) is 1. The summed E-state index contributed by atoms with van der Waals surface area (Å²) >= 11 is 3.75. The lowest BCUT2D eigenvalue weighted by molar-refractivity contribution is -0.149. The Morgan fingerprint density at radius 3 is 2.46 bits per heavy atom. The Labute approximate surface area is 173 Å². The van der Waals surface area contributed by atoms with E-state index in [1.54, 1.807) is 0 Å². The maximum Gasteiger partial charge on any atom is 0.344 e. The second kappa shape index (κ2) is 10.4. The first-order valence-electron chi connectivity index (χ1n) is 9.15. The van der Waals surface area contributed by atoms with Gasteiger partial charge in [0.1, 0.15) is 5.75 Å². The number of thioether (sulfide) groups is 2. The lowest BCUT2D eigenvalue weighted by Crippen LogP contribution is -2.23. The summed E-state index contributed by atoms with van der Waals surface area (Å²) in [6.45, 7) is 1.50. The molecule has 148 valence electrons. The smallest absolute Gasteiger partial charge is 0.344 e. The van der Waals surface area contributed by atoms with Gasteiger partial charge in [-0.05, 0) is 30.2 Å². The van der Waals surface area contributed by atoms with E-state index in [4.69, 9.17) is 9.47 Å². The van der Waals surface area contributed by atoms with Crippen molar-refractivity contribution in [1.29, 1.82) is 0 Å². The first-order valence-corrected chi connectivity index (χ1v) is 11.2. The number of carbonyl (C=O) groups is 2. The summed E-state index contributed by atoms with van der Waals surface area (Å²) in [5.74, 6) is 1.96. The van der Waals surface area contributed by atoms with Crippen LogP contribution in [0.1, 0.15) is 22.6 Å². The van der Waals surface area contributed by atoms with Crippen LogP contribution in [0.2, 0.25) is 0 Å². The highest BCUT2D eigenvalue weighted by atomic mass is 32.2. The molecular formula is C21H23NO4S2. The highest BCUT2D eigenvalue weighted by Gasteiger charge is 2.22. The molecule has 0 aliphatic carbocycles. The van der Waals surface area contributed by atoms with E-state index in [-0.39, 0.29) is 19.1 Å². The number of aryl methyl sites for hydroxylation is 1. The molecule has 5 nitrogen and oxygen atoms in total. The molecule has 1 N–H and O–H groups in total. The molecule has 0 bridgehead atoms. The molecule has 0 unspecified atom stereocenters. The van der Waals surface area contributed by atoms with Gasteiger partial charge in [0, 0.05) is 22.8 Å². The molecular weight excluding hydrogens is 394 g/mol. The molecule has 2 aromatic rings. The van der Waals surface area contributed by atoms with Crippen LogP contribution in [0.4, 0.5) is 5.69 Å². The van der Waals surface area contributed by atoms with Gasteiger partial charge in [-0.2, -0.15) is 0 Å². The Hall–Kier alpha value is -2.12. The van der Waals surface area contributed by atoms with E-state index in [1.807, 2.05) is 72.1 Å². The summed E-state index contributed by atoms with van der Waals surface area (Å²) in [6, 6.07) is 15.3. The van der Waals surface area contributed by atoms with Crippen LogP contribution in [0.25, 0.3) is 0 Å². The molecule has 1 aliphatic heterocycles. The number of ether oxygens (including phenoxy) is 2. The van der Waals surface area contributed by atoms with Gasteiger partial charge in [0.05, 0.1) is 4.58 Å². The average Bonchev–Trinajstić information content (AvgIpc) is 3.26. The van der Waals surface area contributed by atoms with Crippen molar-refractivity contribution in [1.82, 2.24) is 0 Å². The standard InChI is InChI=1S/C21H23NO4S2/c1-2-15-7-9-16(10-8-15)22-19(23)13-26-20(24)14-25-18-6-4-3-5-17(18)21-27-11-12-28-21/h3-10,21H,2,11-14H2,1H3,(H,22,23). The lowest BCUT2D eigenvalue weighted by Gasteiger charge is -2.14. The van der Waals surface area contributed by atoms with E-state index in [0.717, 1.165) is 23.5 Å². The maximum absolute atomic E-state index is 12.0. The molecule has 1 fully saturated rings. The van der Waals surface area contributed by atoms with Crippen LogP contribution in [0.5, 0.6) is 5.75 Å². The Morgan fingerprint density at radius 2 is 1.75 bits per heavy atom. The molecule has 0 aromatic heterocycles. The van der Waals surface area contributed by atoms with Crippen LogP contribution >= 0.6 is 23.5 Å². The van der Waals surface area contributed by atoms with Gasteiger partial charge in [-0.25, -0.2) is 4.79 Å². The molecule has 0 radical (unpaired) electrons. The van der Waals surface area contributed by atoms with E-state index in [0.29, 0.717) is 16.0 Å². The molecule has 1 aliphatic rings. The Bertz CT molecular complexity index is 804. The SMILES string of the molecule is CCc1ccc(NC(=O)COC(=O)COc2ccccc2C2SCCS2)cc1. The molecule has 0 spiro atoms. The van der Waals surface area contributed by atoms with Crippen molar-refractivity contribution in [3.63, 3.8) is 0 Å². The number of carbonyl (C=O) groups excluding carboxylic acids is 2. The summed E-state index contributed by atoms with van der Waals surface area (Å²) in [6.07, 6.45) is 0.938. The third-order valence-corrected chi connectivity index (χ3v) is 7.22. The predicted octanol–water partition coefficient (Wildman–Crippen LogP) is 4.29. The highest BCUT2D eigenvalue weighted by molar-refractivity contribution is 8.19. The number of hydrogen-bond acceptors (Lipinski definition) is 6. The van der Waals surface area contributed by atoms with Crippen LogP contribution < -0.4 is 10.1 Å². The Kier molecular flexibility index (Phi) is 7.68. The zero-order valence-corrected chi connectivity index (χ0v) is 17.3. The van der Waals surface area contributed by atoms with Crippen molar-refractivity contribution in [3.8, 4) is 5.75 Å². The fraction of sp³-hybridized carbons (Fsp3) is 0.333. The van der Waals surface area contributed by atoms with Crippen LogP contribution in [0.15, 0.2) is 48.5 Å². The predicted molar refractivity (Wildman–Crippen MR) is 115 cm³/mol. The first kappa shape index (κ1) is 20.6. The molecule has 1 amide bonds. The number of para-hydroxylation sites is 1. The minimum atomic E-state index is -0.571. The van der Waals surface area contributed by atoms with Crippen molar-refractivity contribution >= 4 is 41.1 Å². The Balaban J connectivity index is 1.44. The molecule has 1 heterocycles. The van der Waals surface area contributed by atoms with Crippen LogP contribution in [-0.2, 0) is 20.7 Å². The highest BCUT2D eigenvalue weighted by Crippen LogP contribution is 2.48. The number of esters is 1. The second-order valence-corrected chi connectivity index (χ2v) is 8.88. The fourth-order valence-corrected chi connectivity index (χ4v) is 5.60. The summed E-state index contributed by atoms with van der Waals surface area (Å²) in [4.78, 5) is 23.9. The maximum atomic E-state index is 12.0. The molecule has 28 heavy (non-hydrogen) atoms. The zero-order chi connectivity index (χ0) is 19.8. The van der Waals surface area contributed by atoms with Crippen molar-refractivity contribution in [2.24, 2.45) is 0 Å². The van der Waals surface area contributed by atoms with Crippen LogP contribution in [0, 0.1) is 0 Å². The molecule has 0 atom stereocenters. The number of amides is 1. The first-order chi connectivity index (χ1) is 13.7. The van der Waals surface area contributed by atoms with Gasteiger partial charge in [-0.1, -0.05) is 37.3 Å². The summed E-state index contributed by atoms with van der Waals surface area (Å²) in [7, 11) is 0. The van der Waals surface area contributed by atoms with Gasteiger partial charge >= 0.3 is 5.97 Å². The van der Waals surface area contributed by atoms with E-state index in [9.17, 15) is 9.59 Å². The minimum absolute atomic E-state index is 0.225. The average molecular weight is 418 g/mol. The van der Waals surface area contributed by atoms with E-state index in [1.165, 1.54) is 5.56 Å². The van der Waals surface area contributed by atoms with Gasteiger partial charge < -0.3 is 14.8 Å². The normalized spacial score (nSPS) is 13.9. The molecule has 1 saturated heterocycles.